The standard InChI is InChI=1S/C23H24ClF3N2O7/c1-31-15-10-18(28-20(24)11-15)22-5-6-29(12-19(22)34-13-36-22)21(30)14-3-4-16(17(9-14)32-2)33-7-8-35-23(25,26)27/h3-4,9-11,19H,5-8,12-13H2,1-2H3/t19?,22-/m1/s1. The van der Waals surface area contributed by atoms with E-state index in [9.17, 15) is 18.0 Å². The van der Waals surface area contributed by atoms with Crippen molar-refractivity contribution in [1.82, 2.24) is 9.88 Å². The van der Waals surface area contributed by atoms with Crippen LogP contribution in [0.15, 0.2) is 30.3 Å². The molecule has 1 aromatic carbocycles. The molecule has 196 valence electrons. The lowest BCUT2D eigenvalue weighted by atomic mass is 9.84. The molecule has 2 aliphatic heterocycles. The summed E-state index contributed by atoms with van der Waals surface area (Å²) >= 11 is 6.16. The van der Waals surface area contributed by atoms with Gasteiger partial charge in [-0.05, 0) is 18.2 Å². The number of carbonyl (C=O) groups excluding carboxylic acids is 1. The predicted octanol–water partition coefficient (Wildman–Crippen LogP) is 3.78. The average Bonchev–Trinajstić information content (AvgIpc) is 3.29. The number of likely N-dealkylation sites (tertiary alicyclic amines) is 1. The van der Waals surface area contributed by atoms with E-state index >= 15 is 0 Å². The summed E-state index contributed by atoms with van der Waals surface area (Å²) in [5, 5.41) is 0.255. The van der Waals surface area contributed by atoms with Crippen molar-refractivity contribution in [3.8, 4) is 17.2 Å². The van der Waals surface area contributed by atoms with Crippen LogP contribution in [0.4, 0.5) is 13.2 Å². The summed E-state index contributed by atoms with van der Waals surface area (Å²) in [6.07, 6.45) is -4.81. The molecule has 2 atom stereocenters. The zero-order chi connectivity index (χ0) is 25.9. The Bertz CT molecular complexity index is 1100. The summed E-state index contributed by atoms with van der Waals surface area (Å²) in [7, 11) is 2.90. The van der Waals surface area contributed by atoms with Crippen molar-refractivity contribution in [3.05, 3.63) is 46.7 Å². The number of piperidine rings is 1. The number of benzene rings is 1. The van der Waals surface area contributed by atoms with Crippen LogP contribution in [0.1, 0.15) is 22.5 Å². The highest BCUT2D eigenvalue weighted by atomic mass is 35.5. The molecule has 1 unspecified atom stereocenters. The molecule has 2 saturated heterocycles. The van der Waals surface area contributed by atoms with Crippen molar-refractivity contribution in [2.45, 2.75) is 24.5 Å². The number of nitrogens with zero attached hydrogens (tertiary/aromatic N) is 2. The second-order valence-electron chi connectivity index (χ2n) is 8.03. The number of hydrogen-bond donors (Lipinski definition) is 0. The smallest absolute Gasteiger partial charge is 0.497 e. The van der Waals surface area contributed by atoms with Crippen LogP contribution in [0.2, 0.25) is 5.15 Å². The van der Waals surface area contributed by atoms with Crippen LogP contribution in [0.25, 0.3) is 0 Å². The third kappa shape index (κ3) is 5.61. The molecule has 0 N–H and O–H groups in total. The minimum atomic E-state index is -4.74. The Hall–Kier alpha value is -2.80. The molecular weight excluding hydrogens is 509 g/mol. The first kappa shape index (κ1) is 26.3. The van der Waals surface area contributed by atoms with E-state index in [0.29, 0.717) is 30.0 Å². The van der Waals surface area contributed by atoms with Crippen molar-refractivity contribution >= 4 is 17.5 Å². The largest absolute Gasteiger partial charge is 0.522 e. The van der Waals surface area contributed by atoms with Gasteiger partial charge in [0.15, 0.2) is 11.5 Å². The van der Waals surface area contributed by atoms with Crippen LogP contribution in [-0.2, 0) is 19.8 Å². The van der Waals surface area contributed by atoms with Crippen LogP contribution in [0.5, 0.6) is 17.2 Å². The van der Waals surface area contributed by atoms with Gasteiger partial charge >= 0.3 is 6.36 Å². The van der Waals surface area contributed by atoms with Gasteiger partial charge in [-0.25, -0.2) is 4.98 Å². The minimum absolute atomic E-state index is 0.0428. The van der Waals surface area contributed by atoms with E-state index in [1.54, 1.807) is 17.0 Å². The first-order valence-corrected chi connectivity index (χ1v) is 11.3. The molecule has 0 saturated carbocycles. The topological polar surface area (TPSA) is 88.6 Å². The number of hydrogen-bond acceptors (Lipinski definition) is 8. The van der Waals surface area contributed by atoms with E-state index in [1.807, 2.05) is 0 Å². The number of ether oxygens (including phenoxy) is 6. The maximum absolute atomic E-state index is 13.3. The second kappa shape index (κ2) is 10.7. The fourth-order valence-corrected chi connectivity index (χ4v) is 4.44. The highest BCUT2D eigenvalue weighted by molar-refractivity contribution is 6.29. The zero-order valence-corrected chi connectivity index (χ0v) is 20.2. The predicted molar refractivity (Wildman–Crippen MR) is 119 cm³/mol. The van der Waals surface area contributed by atoms with Crippen molar-refractivity contribution in [2.75, 3.05) is 47.3 Å². The number of alkyl halides is 3. The monoisotopic (exact) mass is 532 g/mol. The molecule has 2 aromatic rings. The molecule has 0 radical (unpaired) electrons. The van der Waals surface area contributed by atoms with Crippen molar-refractivity contribution < 1.29 is 46.4 Å². The number of pyridine rings is 1. The first-order chi connectivity index (χ1) is 17.1. The van der Waals surface area contributed by atoms with Crippen LogP contribution >= 0.6 is 11.6 Å². The molecule has 2 fully saturated rings. The number of aromatic nitrogens is 1. The minimum Gasteiger partial charge on any atom is -0.497 e. The number of halogens is 4. The van der Waals surface area contributed by atoms with Crippen LogP contribution in [-0.4, -0.2) is 75.6 Å². The summed E-state index contributed by atoms with van der Waals surface area (Å²) in [6, 6.07) is 7.79. The zero-order valence-electron chi connectivity index (χ0n) is 19.5. The van der Waals surface area contributed by atoms with E-state index in [-0.39, 0.29) is 42.5 Å². The van der Waals surface area contributed by atoms with Gasteiger partial charge in [0.1, 0.15) is 36.0 Å². The van der Waals surface area contributed by atoms with E-state index < -0.39 is 24.7 Å². The molecule has 0 bridgehead atoms. The normalized spacial score (nSPS) is 21.7. The van der Waals surface area contributed by atoms with E-state index in [0.717, 1.165) is 0 Å². The molecule has 2 aliphatic rings. The van der Waals surface area contributed by atoms with E-state index in [1.165, 1.54) is 32.4 Å². The van der Waals surface area contributed by atoms with Crippen LogP contribution in [0.3, 0.4) is 0 Å². The van der Waals surface area contributed by atoms with Crippen molar-refractivity contribution in [1.29, 1.82) is 0 Å². The van der Waals surface area contributed by atoms with Gasteiger partial charge in [0.05, 0.1) is 33.1 Å². The Morgan fingerprint density at radius 2 is 2.00 bits per heavy atom. The lowest BCUT2D eigenvalue weighted by molar-refractivity contribution is -0.325. The molecule has 1 aromatic heterocycles. The molecule has 13 heteroatoms. The van der Waals surface area contributed by atoms with Crippen molar-refractivity contribution in [3.63, 3.8) is 0 Å². The van der Waals surface area contributed by atoms with Gasteiger partial charge < -0.3 is 28.6 Å². The number of carbonyl (C=O) groups is 1. The number of fused-ring (bicyclic) bond motifs is 1. The van der Waals surface area contributed by atoms with Gasteiger partial charge in [-0.2, -0.15) is 0 Å². The molecule has 1 amide bonds. The Balaban J connectivity index is 1.45. The van der Waals surface area contributed by atoms with Crippen LogP contribution < -0.4 is 14.2 Å². The molecule has 9 nitrogen and oxygen atoms in total. The van der Waals surface area contributed by atoms with Crippen molar-refractivity contribution in [2.24, 2.45) is 0 Å². The second-order valence-corrected chi connectivity index (χ2v) is 8.42. The molecule has 36 heavy (non-hydrogen) atoms. The Morgan fingerprint density at radius 1 is 1.19 bits per heavy atom. The molecule has 4 rings (SSSR count). The maximum atomic E-state index is 13.3. The molecule has 3 heterocycles. The SMILES string of the molecule is COc1cc(Cl)nc([C@]23CCN(C(=O)c4ccc(OCCOC(F)(F)F)c(OC)c4)CC2OCO3)c1. The van der Waals surface area contributed by atoms with E-state index in [4.69, 9.17) is 35.3 Å². The Morgan fingerprint density at radius 3 is 2.72 bits per heavy atom. The lowest BCUT2D eigenvalue weighted by Gasteiger charge is -2.41. The highest BCUT2D eigenvalue weighted by Crippen LogP contribution is 2.43. The third-order valence-electron chi connectivity index (χ3n) is 5.99. The fraction of sp³-hybridized carbons (Fsp3) is 0.478. The molecule has 0 spiro atoms. The Labute approximate surface area is 209 Å². The summed E-state index contributed by atoms with van der Waals surface area (Å²) in [4.78, 5) is 19.3. The van der Waals surface area contributed by atoms with E-state index in [2.05, 4.69) is 9.72 Å². The fourth-order valence-electron chi connectivity index (χ4n) is 4.25. The summed E-state index contributed by atoms with van der Waals surface area (Å²) < 4.78 is 67.7. The molecular formula is C23H24ClF3N2O7. The van der Waals surface area contributed by atoms with Gasteiger partial charge in [-0.15, -0.1) is 13.2 Å². The quantitative estimate of drug-likeness (QED) is 0.375. The first-order valence-electron chi connectivity index (χ1n) is 10.9. The summed E-state index contributed by atoms with van der Waals surface area (Å²) in [5.74, 6) is 0.647. The highest BCUT2D eigenvalue weighted by Gasteiger charge is 2.52. The lowest BCUT2D eigenvalue weighted by Crippen LogP contribution is -2.53. The van der Waals surface area contributed by atoms with Gasteiger partial charge in [0.25, 0.3) is 5.91 Å². The molecule has 0 aliphatic carbocycles. The summed E-state index contributed by atoms with van der Waals surface area (Å²) in [5.41, 5.74) is 0.0156. The van der Waals surface area contributed by atoms with Gasteiger partial charge in [-0.3, -0.25) is 9.53 Å². The number of methoxy groups -OCH3 is 2. The van der Waals surface area contributed by atoms with Crippen LogP contribution in [0, 0.1) is 0 Å². The summed E-state index contributed by atoms with van der Waals surface area (Å²) in [6.45, 7) is -0.394. The van der Waals surface area contributed by atoms with Gasteiger partial charge in [-0.1, -0.05) is 11.6 Å². The number of amides is 1. The maximum Gasteiger partial charge on any atom is 0.522 e. The Kier molecular flexibility index (Phi) is 7.79. The third-order valence-corrected chi connectivity index (χ3v) is 6.18. The number of rotatable bonds is 8. The van der Waals surface area contributed by atoms with Gasteiger partial charge in [0.2, 0.25) is 0 Å². The van der Waals surface area contributed by atoms with Gasteiger partial charge in [0, 0.05) is 30.7 Å². The average molecular weight is 533 g/mol.